The molecule has 2 N–H and O–H groups in total. The molecule has 0 bridgehead atoms. The maximum absolute atomic E-state index is 11.7. The van der Waals surface area contributed by atoms with Gasteiger partial charge < -0.3 is 5.32 Å². The van der Waals surface area contributed by atoms with Crippen LogP contribution >= 0.6 is 0 Å². The molecule has 2 fully saturated rings. The summed E-state index contributed by atoms with van der Waals surface area (Å²) in [5.74, 6) is 1.21. The molecule has 1 saturated heterocycles. The quantitative estimate of drug-likeness (QED) is 0.717. The molecule has 0 aromatic heterocycles. The summed E-state index contributed by atoms with van der Waals surface area (Å²) >= 11 is 0. The topological polar surface area (TPSA) is 58.2 Å². The fourth-order valence-electron chi connectivity index (χ4n) is 2.00. The molecule has 15 heavy (non-hydrogen) atoms. The van der Waals surface area contributed by atoms with Crippen LogP contribution in [0.15, 0.2) is 0 Å². The van der Waals surface area contributed by atoms with E-state index in [2.05, 4.69) is 10.0 Å². The summed E-state index contributed by atoms with van der Waals surface area (Å²) < 4.78 is 26.1. The van der Waals surface area contributed by atoms with Crippen LogP contribution in [0.4, 0.5) is 0 Å². The van der Waals surface area contributed by atoms with Crippen LogP contribution in [0.25, 0.3) is 0 Å². The van der Waals surface area contributed by atoms with Crippen molar-refractivity contribution in [2.24, 2.45) is 11.8 Å². The van der Waals surface area contributed by atoms with Crippen LogP contribution in [-0.2, 0) is 10.0 Å². The van der Waals surface area contributed by atoms with Gasteiger partial charge in [0, 0.05) is 6.54 Å². The number of nitrogens with one attached hydrogen (secondary N) is 2. The van der Waals surface area contributed by atoms with Gasteiger partial charge in [-0.05, 0) is 50.6 Å². The third kappa shape index (κ3) is 4.09. The van der Waals surface area contributed by atoms with Gasteiger partial charge in [0.2, 0.25) is 10.0 Å². The van der Waals surface area contributed by atoms with E-state index in [9.17, 15) is 8.42 Å². The van der Waals surface area contributed by atoms with Crippen molar-refractivity contribution in [3.63, 3.8) is 0 Å². The number of rotatable bonds is 5. The van der Waals surface area contributed by atoms with Crippen molar-refractivity contribution in [2.45, 2.75) is 25.7 Å². The Bertz CT molecular complexity index is 293. The minimum absolute atomic E-state index is 0.298. The van der Waals surface area contributed by atoms with Gasteiger partial charge in [0.1, 0.15) is 0 Å². The molecule has 4 nitrogen and oxygen atoms in total. The molecule has 1 aliphatic heterocycles. The normalized spacial score (nSPS) is 27.9. The van der Waals surface area contributed by atoms with Crippen LogP contribution in [0.1, 0.15) is 25.7 Å². The maximum atomic E-state index is 11.7. The predicted octanol–water partition coefficient (Wildman–Crippen LogP) is 0.315. The minimum Gasteiger partial charge on any atom is -0.316 e. The van der Waals surface area contributed by atoms with E-state index in [0.717, 1.165) is 25.9 Å². The molecule has 1 heterocycles. The first-order valence-corrected chi connectivity index (χ1v) is 7.49. The standard InChI is InChI=1S/C10H20N2O2S/c13-15(14,12-7-9-3-4-9)8-10-2-1-5-11-6-10/h9-12H,1-8H2. The maximum Gasteiger partial charge on any atom is 0.211 e. The second-order valence-electron chi connectivity index (χ2n) is 4.79. The van der Waals surface area contributed by atoms with E-state index in [-0.39, 0.29) is 0 Å². The summed E-state index contributed by atoms with van der Waals surface area (Å²) in [6.45, 7) is 2.54. The van der Waals surface area contributed by atoms with Crippen LogP contribution < -0.4 is 10.0 Å². The summed E-state index contributed by atoms with van der Waals surface area (Å²) in [4.78, 5) is 0. The highest BCUT2D eigenvalue weighted by Gasteiger charge is 2.25. The lowest BCUT2D eigenvalue weighted by Crippen LogP contribution is -2.38. The lowest BCUT2D eigenvalue weighted by molar-refractivity contribution is 0.402. The Labute approximate surface area is 91.9 Å². The summed E-state index contributed by atoms with van der Waals surface area (Å²) in [7, 11) is -3.03. The van der Waals surface area contributed by atoms with Gasteiger partial charge in [0.05, 0.1) is 5.75 Å². The van der Waals surface area contributed by atoms with Gasteiger partial charge in [-0.2, -0.15) is 0 Å². The van der Waals surface area contributed by atoms with Crippen molar-refractivity contribution < 1.29 is 8.42 Å². The van der Waals surface area contributed by atoms with Crippen LogP contribution in [0.5, 0.6) is 0 Å². The number of piperidine rings is 1. The second-order valence-corrected chi connectivity index (χ2v) is 6.64. The first-order chi connectivity index (χ1) is 7.16. The summed E-state index contributed by atoms with van der Waals surface area (Å²) in [5.41, 5.74) is 0. The van der Waals surface area contributed by atoms with Gasteiger partial charge in [-0.25, -0.2) is 13.1 Å². The van der Waals surface area contributed by atoms with Crippen molar-refractivity contribution in [3.05, 3.63) is 0 Å². The molecule has 88 valence electrons. The zero-order chi connectivity index (χ0) is 10.7. The smallest absolute Gasteiger partial charge is 0.211 e. The van der Waals surface area contributed by atoms with Gasteiger partial charge >= 0.3 is 0 Å². The molecular weight excluding hydrogens is 212 g/mol. The average Bonchev–Trinajstić information content (AvgIpc) is 2.99. The monoisotopic (exact) mass is 232 g/mol. The second kappa shape index (κ2) is 4.80. The summed E-state index contributed by atoms with van der Waals surface area (Å²) in [6.07, 6.45) is 4.52. The fraction of sp³-hybridized carbons (Fsp3) is 1.00. The zero-order valence-electron chi connectivity index (χ0n) is 9.04. The molecular formula is C10H20N2O2S. The van der Waals surface area contributed by atoms with E-state index in [1.165, 1.54) is 12.8 Å². The Balaban J connectivity index is 1.74. The lowest BCUT2D eigenvalue weighted by Gasteiger charge is -2.22. The largest absolute Gasteiger partial charge is 0.316 e. The van der Waals surface area contributed by atoms with Gasteiger partial charge in [0.25, 0.3) is 0 Å². The van der Waals surface area contributed by atoms with E-state index in [1.807, 2.05) is 0 Å². The van der Waals surface area contributed by atoms with Crippen molar-refractivity contribution >= 4 is 10.0 Å². The highest BCUT2D eigenvalue weighted by atomic mass is 32.2. The minimum atomic E-state index is -3.03. The van der Waals surface area contributed by atoms with E-state index < -0.39 is 10.0 Å². The van der Waals surface area contributed by atoms with Gasteiger partial charge in [-0.15, -0.1) is 0 Å². The van der Waals surface area contributed by atoms with Crippen molar-refractivity contribution in [1.82, 2.24) is 10.0 Å². The molecule has 0 radical (unpaired) electrons. The highest BCUT2D eigenvalue weighted by Crippen LogP contribution is 2.27. The first kappa shape index (κ1) is 11.4. The first-order valence-electron chi connectivity index (χ1n) is 5.84. The van der Waals surface area contributed by atoms with Crippen LogP contribution in [-0.4, -0.2) is 33.8 Å². The van der Waals surface area contributed by atoms with Gasteiger partial charge in [-0.1, -0.05) is 0 Å². The molecule has 0 aromatic carbocycles. The van der Waals surface area contributed by atoms with Gasteiger partial charge in [0.15, 0.2) is 0 Å². The third-order valence-corrected chi connectivity index (χ3v) is 4.66. The molecule has 1 unspecified atom stereocenters. The SMILES string of the molecule is O=S(=O)(CC1CCCNC1)NCC1CC1. The third-order valence-electron chi connectivity index (χ3n) is 3.14. The Morgan fingerprint density at radius 2 is 2.00 bits per heavy atom. The van der Waals surface area contributed by atoms with Crippen molar-refractivity contribution in [2.75, 3.05) is 25.4 Å². The van der Waals surface area contributed by atoms with Crippen LogP contribution in [0, 0.1) is 11.8 Å². The van der Waals surface area contributed by atoms with E-state index in [0.29, 0.717) is 24.1 Å². The summed E-state index contributed by atoms with van der Waals surface area (Å²) in [5, 5.41) is 3.24. The highest BCUT2D eigenvalue weighted by molar-refractivity contribution is 7.89. The van der Waals surface area contributed by atoms with E-state index >= 15 is 0 Å². The van der Waals surface area contributed by atoms with Crippen LogP contribution in [0.2, 0.25) is 0 Å². The fourth-order valence-corrected chi connectivity index (χ4v) is 3.51. The molecule has 0 aromatic rings. The lowest BCUT2D eigenvalue weighted by atomic mass is 10.0. The molecule has 2 aliphatic rings. The van der Waals surface area contributed by atoms with Crippen molar-refractivity contribution in [3.8, 4) is 0 Å². The van der Waals surface area contributed by atoms with E-state index in [4.69, 9.17) is 0 Å². The van der Waals surface area contributed by atoms with Crippen molar-refractivity contribution in [1.29, 1.82) is 0 Å². The number of sulfonamides is 1. The predicted molar refractivity (Wildman–Crippen MR) is 60.1 cm³/mol. The Morgan fingerprint density at radius 3 is 2.60 bits per heavy atom. The molecule has 1 atom stereocenters. The van der Waals surface area contributed by atoms with Gasteiger partial charge in [-0.3, -0.25) is 0 Å². The molecule has 1 saturated carbocycles. The summed E-state index contributed by atoms with van der Waals surface area (Å²) in [6, 6.07) is 0. The molecule has 0 spiro atoms. The molecule has 1 aliphatic carbocycles. The van der Waals surface area contributed by atoms with Crippen LogP contribution in [0.3, 0.4) is 0 Å². The van der Waals surface area contributed by atoms with E-state index in [1.54, 1.807) is 0 Å². The molecule has 2 rings (SSSR count). The number of hydrogen-bond acceptors (Lipinski definition) is 3. The Morgan fingerprint density at radius 1 is 1.20 bits per heavy atom. The zero-order valence-corrected chi connectivity index (χ0v) is 9.85. The Hall–Kier alpha value is -0.130. The average molecular weight is 232 g/mol. The molecule has 0 amide bonds. The number of hydrogen-bond donors (Lipinski definition) is 2. The molecule has 5 heteroatoms. The Kier molecular flexibility index (Phi) is 3.64.